The summed E-state index contributed by atoms with van der Waals surface area (Å²) in [6.45, 7) is 0. The van der Waals surface area contributed by atoms with Crippen molar-refractivity contribution >= 4 is 21.9 Å². The summed E-state index contributed by atoms with van der Waals surface area (Å²) in [4.78, 5) is 11.7. The summed E-state index contributed by atoms with van der Waals surface area (Å²) in [5.74, 6) is -0.172. The average molecular weight is 317 g/mol. The van der Waals surface area contributed by atoms with E-state index in [0.717, 1.165) is 11.1 Å². The minimum atomic E-state index is -0.723. The van der Waals surface area contributed by atoms with Gasteiger partial charge in [0.1, 0.15) is 0 Å². The Hall–Kier alpha value is -1.61. The van der Waals surface area contributed by atoms with E-state index in [-0.39, 0.29) is 10.8 Å². The Morgan fingerprint density at radius 2 is 1.42 bits per heavy atom. The predicted molar refractivity (Wildman–Crippen MR) is 77.1 cm³/mol. The number of alkyl halides is 1. The molecule has 1 heterocycles. The van der Waals surface area contributed by atoms with E-state index < -0.39 is 5.60 Å². The van der Waals surface area contributed by atoms with Crippen LogP contribution in [0, 0.1) is 0 Å². The molecule has 0 spiro atoms. The lowest BCUT2D eigenvalue weighted by Gasteiger charge is -2.32. The van der Waals surface area contributed by atoms with Gasteiger partial charge in [-0.1, -0.05) is 76.6 Å². The minimum Gasteiger partial charge on any atom is -0.448 e. The third-order valence-electron chi connectivity index (χ3n) is 3.47. The second kappa shape index (κ2) is 4.82. The number of hydrogen-bond acceptors (Lipinski definition) is 2. The highest BCUT2D eigenvalue weighted by atomic mass is 79.9. The maximum absolute atomic E-state index is 11.8. The molecule has 0 bridgehead atoms. The third kappa shape index (κ3) is 1.98. The van der Waals surface area contributed by atoms with Crippen molar-refractivity contribution < 1.29 is 9.53 Å². The number of carbonyl (C=O) groups excluding carboxylic acids is 1. The van der Waals surface area contributed by atoms with Crippen LogP contribution in [0.3, 0.4) is 0 Å². The highest BCUT2D eigenvalue weighted by Gasteiger charge is 2.50. The monoisotopic (exact) mass is 316 g/mol. The van der Waals surface area contributed by atoms with Gasteiger partial charge in [0.2, 0.25) is 0 Å². The Morgan fingerprint density at radius 1 is 0.947 bits per heavy atom. The summed E-state index contributed by atoms with van der Waals surface area (Å²) in [5.41, 5.74) is 1.27. The molecule has 2 aromatic rings. The molecule has 2 aromatic carbocycles. The van der Waals surface area contributed by atoms with Crippen LogP contribution in [0.1, 0.15) is 17.5 Å². The van der Waals surface area contributed by atoms with Crippen molar-refractivity contribution in [2.45, 2.75) is 16.8 Å². The molecule has 3 rings (SSSR count). The number of esters is 1. The fraction of sp³-hybridized carbons (Fsp3) is 0.188. The van der Waals surface area contributed by atoms with Crippen LogP contribution in [0.2, 0.25) is 0 Å². The Bertz CT molecular complexity index is 541. The lowest BCUT2D eigenvalue weighted by atomic mass is 9.84. The molecule has 3 heteroatoms. The number of rotatable bonds is 2. The van der Waals surface area contributed by atoms with Crippen LogP contribution >= 0.6 is 15.9 Å². The van der Waals surface area contributed by atoms with Crippen molar-refractivity contribution in [2.75, 3.05) is 0 Å². The van der Waals surface area contributed by atoms with Crippen molar-refractivity contribution in [1.29, 1.82) is 0 Å². The number of benzene rings is 2. The van der Waals surface area contributed by atoms with Gasteiger partial charge >= 0.3 is 5.97 Å². The van der Waals surface area contributed by atoms with Crippen LogP contribution in [-0.4, -0.2) is 10.8 Å². The summed E-state index contributed by atoms with van der Waals surface area (Å²) >= 11 is 3.63. The number of hydrogen-bond donors (Lipinski definition) is 0. The normalized spacial score (nSPS) is 21.1. The first-order valence-electron chi connectivity index (χ1n) is 6.20. The molecule has 0 aliphatic carbocycles. The second-order valence-corrected chi connectivity index (χ2v) is 5.72. The van der Waals surface area contributed by atoms with Crippen molar-refractivity contribution in [1.82, 2.24) is 0 Å². The average Bonchev–Trinajstić information content (AvgIpc) is 2.76. The standard InChI is InChI=1S/C16H13BrO2/c17-14-11-15(18)19-16(14,12-7-3-1-4-8-12)13-9-5-2-6-10-13/h1-10,14H,11H2. The molecule has 1 fully saturated rings. The van der Waals surface area contributed by atoms with Gasteiger partial charge in [0.15, 0.2) is 5.60 Å². The maximum Gasteiger partial charge on any atom is 0.308 e. The van der Waals surface area contributed by atoms with Crippen LogP contribution in [-0.2, 0) is 15.1 Å². The Kier molecular flexibility index (Phi) is 3.15. The Labute approximate surface area is 120 Å². The van der Waals surface area contributed by atoms with E-state index in [1.165, 1.54) is 0 Å². The van der Waals surface area contributed by atoms with Crippen LogP contribution < -0.4 is 0 Å². The molecule has 1 aliphatic rings. The first kappa shape index (κ1) is 12.4. The minimum absolute atomic E-state index is 0.0581. The highest BCUT2D eigenvalue weighted by molar-refractivity contribution is 9.09. The van der Waals surface area contributed by atoms with Crippen LogP contribution in [0.25, 0.3) is 0 Å². The zero-order chi connectivity index (χ0) is 13.3. The van der Waals surface area contributed by atoms with Gasteiger partial charge in [-0.3, -0.25) is 4.79 Å². The fourth-order valence-electron chi connectivity index (χ4n) is 2.59. The smallest absolute Gasteiger partial charge is 0.308 e. The molecular formula is C16H13BrO2. The van der Waals surface area contributed by atoms with Gasteiger partial charge in [-0.05, 0) is 0 Å². The van der Waals surface area contributed by atoms with Crippen molar-refractivity contribution in [2.24, 2.45) is 0 Å². The van der Waals surface area contributed by atoms with Gasteiger partial charge in [0.25, 0.3) is 0 Å². The van der Waals surface area contributed by atoms with E-state index in [2.05, 4.69) is 15.9 Å². The summed E-state index contributed by atoms with van der Waals surface area (Å²) in [6, 6.07) is 19.8. The number of cyclic esters (lactones) is 1. The van der Waals surface area contributed by atoms with Gasteiger partial charge in [0.05, 0.1) is 11.2 Å². The molecule has 1 atom stereocenters. The number of carbonyl (C=O) groups is 1. The second-order valence-electron chi connectivity index (χ2n) is 4.61. The summed E-state index contributed by atoms with van der Waals surface area (Å²) < 4.78 is 5.75. The maximum atomic E-state index is 11.8. The van der Waals surface area contributed by atoms with Gasteiger partial charge in [-0.15, -0.1) is 0 Å². The highest BCUT2D eigenvalue weighted by Crippen LogP contribution is 2.46. The molecule has 0 amide bonds. The molecule has 0 saturated carbocycles. The van der Waals surface area contributed by atoms with E-state index >= 15 is 0 Å². The largest absolute Gasteiger partial charge is 0.448 e. The molecule has 2 nitrogen and oxygen atoms in total. The lowest BCUT2D eigenvalue weighted by Crippen LogP contribution is -2.34. The van der Waals surface area contributed by atoms with Crippen LogP contribution in [0.15, 0.2) is 60.7 Å². The zero-order valence-electron chi connectivity index (χ0n) is 10.3. The predicted octanol–water partition coefficient (Wildman–Crippen LogP) is 3.64. The summed E-state index contributed by atoms with van der Waals surface area (Å²) in [6.07, 6.45) is 0.379. The summed E-state index contributed by atoms with van der Waals surface area (Å²) in [7, 11) is 0. The molecular weight excluding hydrogens is 304 g/mol. The van der Waals surface area contributed by atoms with E-state index in [0.29, 0.717) is 6.42 Å². The van der Waals surface area contributed by atoms with Crippen molar-refractivity contribution in [3.63, 3.8) is 0 Å². The van der Waals surface area contributed by atoms with Gasteiger partial charge in [-0.25, -0.2) is 0 Å². The third-order valence-corrected chi connectivity index (χ3v) is 4.44. The van der Waals surface area contributed by atoms with Crippen molar-refractivity contribution in [3.05, 3.63) is 71.8 Å². The van der Waals surface area contributed by atoms with E-state index in [1.54, 1.807) is 0 Å². The topological polar surface area (TPSA) is 26.3 Å². The fourth-order valence-corrected chi connectivity index (χ4v) is 3.48. The van der Waals surface area contributed by atoms with E-state index in [9.17, 15) is 4.79 Å². The first-order valence-corrected chi connectivity index (χ1v) is 7.12. The molecule has 1 saturated heterocycles. The quantitative estimate of drug-likeness (QED) is 0.624. The van der Waals surface area contributed by atoms with Crippen molar-refractivity contribution in [3.8, 4) is 0 Å². The van der Waals surface area contributed by atoms with E-state index in [4.69, 9.17) is 4.74 Å². The molecule has 19 heavy (non-hydrogen) atoms. The molecule has 1 aliphatic heterocycles. The zero-order valence-corrected chi connectivity index (χ0v) is 11.8. The molecule has 0 aromatic heterocycles. The lowest BCUT2D eigenvalue weighted by molar-refractivity contribution is -0.146. The molecule has 0 radical (unpaired) electrons. The van der Waals surface area contributed by atoms with Gasteiger partial charge in [0, 0.05) is 11.1 Å². The molecule has 96 valence electrons. The number of halogens is 1. The van der Waals surface area contributed by atoms with Gasteiger partial charge in [-0.2, -0.15) is 0 Å². The first-order chi connectivity index (χ1) is 9.23. The van der Waals surface area contributed by atoms with Crippen LogP contribution in [0.4, 0.5) is 0 Å². The Balaban J connectivity index is 2.20. The number of ether oxygens (including phenoxy) is 1. The molecule has 1 unspecified atom stereocenters. The van der Waals surface area contributed by atoms with E-state index in [1.807, 2.05) is 60.7 Å². The Morgan fingerprint density at radius 3 is 1.79 bits per heavy atom. The molecule has 0 N–H and O–H groups in total. The van der Waals surface area contributed by atoms with Gasteiger partial charge < -0.3 is 4.74 Å². The SMILES string of the molecule is O=C1CC(Br)C(c2ccccc2)(c2ccccc2)O1. The summed E-state index contributed by atoms with van der Waals surface area (Å²) in [5, 5.41) is 0. The van der Waals surface area contributed by atoms with Crippen LogP contribution in [0.5, 0.6) is 0 Å².